The maximum absolute atomic E-state index is 13.7. The Morgan fingerprint density at radius 3 is 1.05 bits per heavy atom. The molecule has 0 spiro atoms. The van der Waals surface area contributed by atoms with E-state index in [0.717, 1.165) is 211 Å². The summed E-state index contributed by atoms with van der Waals surface area (Å²) >= 11 is 0. The fraction of sp³-hybridized carbons (Fsp3) is 0.942. The molecule has 0 amide bonds. The summed E-state index contributed by atoms with van der Waals surface area (Å²) in [5.41, 5.74) is -1.83. The largest absolute Gasteiger partial charge is 0.460 e. The van der Waals surface area contributed by atoms with Crippen LogP contribution in [0.3, 0.4) is 0 Å². The van der Waals surface area contributed by atoms with Crippen molar-refractivity contribution < 1.29 is 71.4 Å². The summed E-state index contributed by atoms with van der Waals surface area (Å²) in [6, 6.07) is 0. The van der Waals surface area contributed by atoms with Crippen molar-refractivity contribution in [1.82, 2.24) is 0 Å². The minimum absolute atomic E-state index is 0.0343. The second-order valence-electron chi connectivity index (χ2n) is 43.8. The smallest absolute Gasteiger partial charge is 0.313 e. The third kappa shape index (κ3) is 20.0. The van der Waals surface area contributed by atoms with E-state index in [1.165, 1.54) is 103 Å². The van der Waals surface area contributed by atoms with Gasteiger partial charge in [-0.2, -0.15) is 0 Å². The second kappa shape index (κ2) is 40.8. The number of rotatable bonds is 29. The number of carbonyl (C=O) groups excluding carboxylic acids is 6. The van der Waals surface area contributed by atoms with Crippen molar-refractivity contribution in [2.24, 2.45) is 160 Å². The summed E-state index contributed by atoms with van der Waals surface area (Å²) in [6.07, 6.45) is 40.3. The molecule has 2 aliphatic heterocycles. The van der Waals surface area contributed by atoms with Gasteiger partial charge in [0.15, 0.2) is 0 Å². The molecule has 13 saturated carbocycles. The maximum Gasteiger partial charge on any atom is 0.313 e. The number of esters is 6. The van der Waals surface area contributed by atoms with E-state index in [1.54, 1.807) is 7.11 Å². The molecule has 0 aromatic carbocycles. The molecular weight excluding hydrogens is 1490 g/mol. The number of hydrogen-bond acceptors (Lipinski definition) is 15. The molecule has 0 radical (unpaired) electrons. The zero-order valence-corrected chi connectivity index (χ0v) is 79.9. The van der Waals surface area contributed by atoms with Crippen LogP contribution in [0.4, 0.5) is 0 Å². The van der Waals surface area contributed by atoms with Gasteiger partial charge < -0.3 is 42.6 Å². The SMILES string of the molecule is CCC1CC(CC)C2C3CC(CC3C(=O)OC(C)(C)C)C12.CCC1CC(CC)C2C3CC(CC3C(=O)OC(C)(C)CC)C12.CCC1CC(CC)C2C3CC(CC3C(=O)OC(C)(CC)CC)C12.CCC1OC(CC)C(C(=O)OC2(CC)CC3CCC2C3)C1C(=O)OC1(CC)CCCC1.CCC1OC(CC)C(C(=O)OC2(CC)CCCC2)C1COC. The summed E-state index contributed by atoms with van der Waals surface area (Å²) in [7, 11) is 1.69. The normalized spacial score (nSPS) is 41.0. The Morgan fingerprint density at radius 2 is 0.723 bits per heavy atom. The molecule has 15 heteroatoms. The fourth-order valence-corrected chi connectivity index (χ4v) is 30.0. The Hall–Kier alpha value is -3.30. The Balaban J connectivity index is 0.000000147. The Morgan fingerprint density at radius 1 is 0.361 bits per heavy atom. The standard InChI is InChI=1S/C26H42O5.C21H36O2.C20H34O2.C19H32O2.C18H32O4/c1-5-19-21(23(27)30-25(7-3)13-9-10-14-25)22(20(6-2)29-19)24(28)31-26(8-4)16-17-11-12-18(26)15-17;1-6-13-10-14(7-2)19-16-11-15(18(13)19)12-17(16)20(22)23-21(5,8-3)9-4;1-6-12-9-13(7-2)18-15-10-14(17(12)18)11-16(15)19(21)22-20(4,5)8-3;1-6-11-8-12(7-2)17-14-9-13(16(11)17)10-15(14)18(20)21-19(3,4)5;1-5-14-13(12-20-4)16(15(6-2)21-14)17(19)22-18(7-3)10-8-9-11-18/h17-22H,5-16H2,1-4H3;13-19H,6-12H2,1-5H3;12-18H,6-11H2,1-5H3;11-17H,6-10H2,1-5H3;13-16H,5-12H2,1-4H3. The molecule has 2 heterocycles. The fourth-order valence-electron chi connectivity index (χ4n) is 30.0. The van der Waals surface area contributed by atoms with E-state index in [0.29, 0.717) is 49.0 Å². The molecule has 32 unspecified atom stereocenters. The second-order valence-corrected chi connectivity index (χ2v) is 43.8. The Bertz CT molecular complexity index is 3280. The zero-order chi connectivity index (χ0) is 86.6. The van der Waals surface area contributed by atoms with Gasteiger partial charge in [0, 0.05) is 13.0 Å². The highest BCUT2D eigenvalue weighted by molar-refractivity contribution is 5.84. The van der Waals surface area contributed by atoms with E-state index in [-0.39, 0.29) is 123 Å². The molecule has 0 aromatic rings. The Kier molecular flexibility index (Phi) is 33.0. The maximum atomic E-state index is 13.7. The van der Waals surface area contributed by atoms with Gasteiger partial charge in [0.2, 0.25) is 0 Å². The number of fused-ring (bicyclic) bond motifs is 17. The predicted molar refractivity (Wildman–Crippen MR) is 472 cm³/mol. The first-order valence-electron chi connectivity index (χ1n) is 50.9. The van der Waals surface area contributed by atoms with E-state index in [9.17, 15) is 28.8 Å². The van der Waals surface area contributed by atoms with Crippen molar-refractivity contribution >= 4 is 35.8 Å². The highest BCUT2D eigenvalue weighted by atomic mass is 16.6. The quantitative estimate of drug-likeness (QED) is 0.0508. The van der Waals surface area contributed by atoms with Crippen LogP contribution < -0.4 is 0 Å². The molecule has 0 N–H and O–H groups in total. The van der Waals surface area contributed by atoms with Crippen molar-refractivity contribution in [1.29, 1.82) is 0 Å². The van der Waals surface area contributed by atoms with E-state index in [4.69, 9.17) is 42.6 Å². The summed E-state index contributed by atoms with van der Waals surface area (Å²) < 4.78 is 53.9. The van der Waals surface area contributed by atoms with Crippen molar-refractivity contribution in [2.45, 2.75) is 448 Å². The Labute approximate surface area is 724 Å². The minimum Gasteiger partial charge on any atom is -0.460 e. The molecule has 0 aromatic heterocycles. The van der Waals surface area contributed by atoms with Crippen LogP contribution in [0.15, 0.2) is 0 Å². The minimum atomic E-state index is -0.557. The molecule has 682 valence electrons. The van der Waals surface area contributed by atoms with Crippen LogP contribution in [0.5, 0.6) is 0 Å². The summed E-state index contributed by atoms with van der Waals surface area (Å²) in [4.78, 5) is 78.3. The van der Waals surface area contributed by atoms with E-state index >= 15 is 0 Å². The molecule has 15 nitrogen and oxygen atoms in total. The van der Waals surface area contributed by atoms with Crippen LogP contribution in [-0.4, -0.2) is 108 Å². The van der Waals surface area contributed by atoms with Crippen LogP contribution in [-0.2, 0) is 71.4 Å². The summed E-state index contributed by atoms with van der Waals surface area (Å²) in [5.74, 6) is 15.2. The molecule has 8 bridgehead atoms. The average Bonchev–Trinajstić information content (AvgIpc) is 1.57. The lowest BCUT2D eigenvalue weighted by Gasteiger charge is -2.38. The summed E-state index contributed by atoms with van der Waals surface area (Å²) in [6.45, 7) is 47.8. The van der Waals surface area contributed by atoms with Crippen molar-refractivity contribution in [3.8, 4) is 0 Å². The van der Waals surface area contributed by atoms with E-state index in [2.05, 4.69) is 104 Å². The van der Waals surface area contributed by atoms with Gasteiger partial charge in [0.05, 0.1) is 66.5 Å². The van der Waals surface area contributed by atoms with Gasteiger partial charge >= 0.3 is 35.8 Å². The molecule has 15 aliphatic rings. The number of ether oxygens (including phenoxy) is 9. The van der Waals surface area contributed by atoms with E-state index in [1.807, 2.05) is 48.5 Å². The van der Waals surface area contributed by atoms with Gasteiger partial charge in [-0.25, -0.2) is 0 Å². The van der Waals surface area contributed by atoms with Crippen LogP contribution in [0.1, 0.15) is 390 Å². The zero-order valence-electron chi connectivity index (χ0n) is 79.9. The van der Waals surface area contributed by atoms with Gasteiger partial charge in [-0.15, -0.1) is 0 Å². The topological polar surface area (TPSA) is 185 Å². The van der Waals surface area contributed by atoms with Crippen LogP contribution in [0.25, 0.3) is 0 Å². The number of carbonyl (C=O) groups is 6. The third-order valence-corrected chi connectivity index (χ3v) is 36.8. The van der Waals surface area contributed by atoms with Crippen LogP contribution in [0.2, 0.25) is 0 Å². The highest BCUT2D eigenvalue weighted by Gasteiger charge is 2.66. The van der Waals surface area contributed by atoms with Crippen molar-refractivity contribution in [3.63, 3.8) is 0 Å². The van der Waals surface area contributed by atoms with Gasteiger partial charge in [-0.3, -0.25) is 28.8 Å². The molecule has 119 heavy (non-hydrogen) atoms. The van der Waals surface area contributed by atoms with Crippen LogP contribution >= 0.6 is 0 Å². The first-order valence-corrected chi connectivity index (χ1v) is 50.9. The highest BCUT2D eigenvalue weighted by Crippen LogP contribution is 2.69. The first-order chi connectivity index (χ1) is 56.7. The molecule has 2 saturated heterocycles. The average molecular weight is 1670 g/mol. The third-order valence-electron chi connectivity index (χ3n) is 36.8. The number of hydrogen-bond donors (Lipinski definition) is 0. The van der Waals surface area contributed by atoms with Gasteiger partial charge in [-0.1, -0.05) is 149 Å². The first kappa shape index (κ1) is 96.3. The van der Waals surface area contributed by atoms with Gasteiger partial charge in [0.1, 0.15) is 33.6 Å². The lowest BCUT2D eigenvalue weighted by Crippen LogP contribution is -2.46. The predicted octanol–water partition coefficient (Wildman–Crippen LogP) is 24.5. The molecular formula is C104H176O15. The van der Waals surface area contributed by atoms with Crippen molar-refractivity contribution in [3.05, 3.63) is 0 Å². The number of methoxy groups -OCH3 is 1. The summed E-state index contributed by atoms with van der Waals surface area (Å²) in [5, 5.41) is 0. The van der Waals surface area contributed by atoms with Gasteiger partial charge in [-0.05, 0) is 359 Å². The molecule has 13 aliphatic carbocycles. The molecule has 15 fully saturated rings. The van der Waals surface area contributed by atoms with Gasteiger partial charge in [0.25, 0.3) is 0 Å². The molecule has 15 rings (SSSR count). The van der Waals surface area contributed by atoms with Crippen molar-refractivity contribution in [2.75, 3.05) is 13.7 Å². The van der Waals surface area contributed by atoms with Crippen LogP contribution in [0, 0.1) is 160 Å². The van der Waals surface area contributed by atoms with E-state index < -0.39 is 11.8 Å². The lowest BCUT2D eigenvalue weighted by molar-refractivity contribution is -0.181. The lowest BCUT2D eigenvalue weighted by atomic mass is 9.70. The molecule has 32 atom stereocenters. The monoisotopic (exact) mass is 1670 g/mol.